The van der Waals surface area contributed by atoms with Crippen LogP contribution in [0.25, 0.3) is 0 Å². The minimum absolute atomic E-state index is 0.305. The van der Waals surface area contributed by atoms with Gasteiger partial charge in [0, 0.05) is 12.1 Å². The molecule has 21 heavy (non-hydrogen) atoms. The molecule has 1 aromatic rings. The van der Waals surface area contributed by atoms with E-state index in [0.717, 1.165) is 11.0 Å². The highest BCUT2D eigenvalue weighted by Gasteiger charge is 2.23. The third-order valence-corrected chi connectivity index (χ3v) is 3.23. The zero-order chi connectivity index (χ0) is 16.2. The Kier molecular flexibility index (Phi) is 5.90. The van der Waals surface area contributed by atoms with Crippen LogP contribution in [0.5, 0.6) is 0 Å². The van der Waals surface area contributed by atoms with E-state index >= 15 is 0 Å². The largest absolute Gasteiger partial charge is 0.480 e. The maximum atomic E-state index is 13.6. The number of nitrogens with zero attached hydrogens (tertiary/aromatic N) is 1. The summed E-state index contributed by atoms with van der Waals surface area (Å²) in [5.74, 6) is -3.11. The van der Waals surface area contributed by atoms with Gasteiger partial charge in [0.15, 0.2) is 5.82 Å². The first-order chi connectivity index (χ1) is 9.76. The van der Waals surface area contributed by atoms with Crippen molar-refractivity contribution in [1.29, 1.82) is 0 Å². The molecule has 0 aliphatic heterocycles. The van der Waals surface area contributed by atoms with Crippen molar-refractivity contribution in [3.8, 4) is 0 Å². The van der Waals surface area contributed by atoms with Crippen LogP contribution in [0.1, 0.15) is 20.3 Å². The first kappa shape index (κ1) is 17.2. The topological polar surface area (TPSA) is 69.6 Å². The van der Waals surface area contributed by atoms with Crippen LogP contribution in [-0.4, -0.2) is 34.6 Å². The fourth-order valence-electron chi connectivity index (χ4n) is 1.63. The second kappa shape index (κ2) is 7.21. The van der Waals surface area contributed by atoms with E-state index in [1.54, 1.807) is 13.8 Å². The maximum Gasteiger partial charge on any atom is 0.323 e. The monoisotopic (exact) mass is 320 g/mol. The average molecular weight is 321 g/mol. The third kappa shape index (κ3) is 4.56. The van der Waals surface area contributed by atoms with E-state index in [9.17, 15) is 18.4 Å². The molecule has 1 aromatic carbocycles. The van der Waals surface area contributed by atoms with Crippen LogP contribution in [0.2, 0.25) is 5.02 Å². The number of carboxylic acids is 1. The number of aliphatic carboxylic acids is 1. The minimum Gasteiger partial charge on any atom is -0.480 e. The molecule has 0 fully saturated rings. The molecule has 116 valence electrons. The Morgan fingerprint density at radius 3 is 2.52 bits per heavy atom. The second-order valence-electron chi connectivity index (χ2n) is 4.45. The molecule has 1 unspecified atom stereocenters. The van der Waals surface area contributed by atoms with E-state index in [4.69, 9.17) is 16.7 Å². The van der Waals surface area contributed by atoms with Crippen LogP contribution in [0.15, 0.2) is 12.1 Å². The lowest BCUT2D eigenvalue weighted by atomic mass is 10.2. The van der Waals surface area contributed by atoms with Crippen LogP contribution < -0.4 is 5.32 Å². The molecule has 2 N–H and O–H groups in total. The molecule has 5 nitrogen and oxygen atoms in total. The summed E-state index contributed by atoms with van der Waals surface area (Å²) in [4.78, 5) is 23.9. The van der Waals surface area contributed by atoms with Gasteiger partial charge in [-0.25, -0.2) is 13.6 Å². The molecule has 2 amide bonds. The van der Waals surface area contributed by atoms with Gasteiger partial charge in [-0.05, 0) is 19.4 Å². The predicted octanol–water partition coefficient (Wildman–Crippen LogP) is 3.34. The van der Waals surface area contributed by atoms with Gasteiger partial charge in [-0.2, -0.15) is 0 Å². The Morgan fingerprint density at radius 2 is 2.05 bits per heavy atom. The van der Waals surface area contributed by atoms with Crippen molar-refractivity contribution in [2.24, 2.45) is 0 Å². The third-order valence-electron chi connectivity index (χ3n) is 2.93. The predicted molar refractivity (Wildman–Crippen MR) is 74.5 cm³/mol. The van der Waals surface area contributed by atoms with Gasteiger partial charge in [0.2, 0.25) is 0 Å². The molecule has 0 spiro atoms. The number of amides is 2. The van der Waals surface area contributed by atoms with Crippen LogP contribution in [0.4, 0.5) is 19.3 Å². The summed E-state index contributed by atoms with van der Waals surface area (Å²) in [6.07, 6.45) is 0.514. The molecule has 1 atom stereocenters. The number of carbonyl (C=O) groups excluding carboxylic acids is 1. The van der Waals surface area contributed by atoms with E-state index in [2.05, 4.69) is 5.32 Å². The summed E-state index contributed by atoms with van der Waals surface area (Å²) in [7, 11) is 0. The highest BCUT2D eigenvalue weighted by Crippen LogP contribution is 2.26. The Labute approximate surface area is 125 Å². The van der Waals surface area contributed by atoms with Crippen molar-refractivity contribution < 1.29 is 23.5 Å². The van der Waals surface area contributed by atoms with Crippen LogP contribution in [0.3, 0.4) is 0 Å². The summed E-state index contributed by atoms with van der Waals surface area (Å²) in [6, 6.07) is 0.236. The summed E-state index contributed by atoms with van der Waals surface area (Å²) >= 11 is 5.67. The van der Waals surface area contributed by atoms with Gasteiger partial charge in [0.25, 0.3) is 0 Å². The van der Waals surface area contributed by atoms with Crippen molar-refractivity contribution in [3.05, 3.63) is 28.8 Å². The molecular formula is C13H15ClF2N2O3. The normalized spacial score (nSPS) is 11.9. The van der Waals surface area contributed by atoms with Crippen molar-refractivity contribution in [1.82, 2.24) is 4.90 Å². The quantitative estimate of drug-likeness (QED) is 0.874. The molecule has 0 aromatic heterocycles. The van der Waals surface area contributed by atoms with Gasteiger partial charge in [0.1, 0.15) is 12.4 Å². The van der Waals surface area contributed by atoms with Crippen molar-refractivity contribution in [2.75, 3.05) is 11.9 Å². The second-order valence-corrected chi connectivity index (χ2v) is 4.86. The standard InChI is InChI=1S/C13H15ClF2N2O3/c1-3-7(2)18(6-11(19)20)13(21)17-12-9(14)4-8(15)5-10(12)16/h4-5,7H,3,6H2,1-2H3,(H,17,21)(H,19,20). The molecule has 1 rings (SSSR count). The minimum atomic E-state index is -1.20. The maximum absolute atomic E-state index is 13.6. The lowest BCUT2D eigenvalue weighted by Crippen LogP contribution is -2.44. The Hall–Kier alpha value is -1.89. The Balaban J connectivity index is 2.99. The van der Waals surface area contributed by atoms with Gasteiger partial charge in [-0.1, -0.05) is 18.5 Å². The number of anilines is 1. The van der Waals surface area contributed by atoms with Gasteiger partial charge in [-0.3, -0.25) is 4.79 Å². The van der Waals surface area contributed by atoms with Gasteiger partial charge >= 0.3 is 12.0 Å². The number of carbonyl (C=O) groups is 2. The lowest BCUT2D eigenvalue weighted by Gasteiger charge is -2.27. The molecule has 0 heterocycles. The SMILES string of the molecule is CCC(C)N(CC(=O)O)C(=O)Nc1c(F)cc(F)cc1Cl. The number of urea groups is 1. The summed E-state index contributed by atoms with van der Waals surface area (Å²) in [5.41, 5.74) is -0.387. The highest BCUT2D eigenvalue weighted by atomic mass is 35.5. The highest BCUT2D eigenvalue weighted by molar-refractivity contribution is 6.33. The molecule has 0 bridgehead atoms. The van der Waals surface area contributed by atoms with Gasteiger partial charge in [0.05, 0.1) is 10.7 Å². The number of hydrogen-bond acceptors (Lipinski definition) is 2. The van der Waals surface area contributed by atoms with E-state index in [1.807, 2.05) is 0 Å². The summed E-state index contributed by atoms with van der Waals surface area (Å²) in [6.45, 7) is 2.89. The first-order valence-corrected chi connectivity index (χ1v) is 6.58. The fraction of sp³-hybridized carbons (Fsp3) is 0.385. The summed E-state index contributed by atoms with van der Waals surface area (Å²) in [5, 5.41) is 10.7. The van der Waals surface area contributed by atoms with Gasteiger partial charge in [-0.15, -0.1) is 0 Å². The van der Waals surface area contributed by atoms with Crippen molar-refractivity contribution in [2.45, 2.75) is 26.3 Å². The molecule has 8 heteroatoms. The van der Waals surface area contributed by atoms with Crippen LogP contribution >= 0.6 is 11.6 Å². The molecule has 0 aliphatic carbocycles. The Morgan fingerprint density at radius 1 is 1.43 bits per heavy atom. The molecule has 0 aliphatic rings. The summed E-state index contributed by atoms with van der Waals surface area (Å²) < 4.78 is 26.5. The van der Waals surface area contributed by atoms with Crippen molar-refractivity contribution >= 4 is 29.3 Å². The van der Waals surface area contributed by atoms with E-state index in [0.29, 0.717) is 12.5 Å². The number of carboxylic acid groups (broad SMARTS) is 1. The van der Waals surface area contributed by atoms with E-state index in [-0.39, 0.29) is 16.8 Å². The van der Waals surface area contributed by atoms with Crippen molar-refractivity contribution in [3.63, 3.8) is 0 Å². The zero-order valence-corrected chi connectivity index (χ0v) is 12.2. The number of nitrogens with one attached hydrogen (secondary N) is 1. The number of hydrogen-bond donors (Lipinski definition) is 2. The number of rotatable bonds is 5. The first-order valence-electron chi connectivity index (χ1n) is 6.20. The Bertz CT molecular complexity index is 531. The molecule has 0 saturated carbocycles. The average Bonchev–Trinajstić information content (AvgIpc) is 2.38. The van der Waals surface area contributed by atoms with Crippen LogP contribution in [0, 0.1) is 11.6 Å². The van der Waals surface area contributed by atoms with Crippen LogP contribution in [-0.2, 0) is 4.79 Å². The fourth-order valence-corrected chi connectivity index (χ4v) is 1.88. The van der Waals surface area contributed by atoms with Gasteiger partial charge < -0.3 is 15.3 Å². The van der Waals surface area contributed by atoms with E-state index < -0.39 is 30.2 Å². The molecular weight excluding hydrogens is 306 g/mol. The lowest BCUT2D eigenvalue weighted by molar-refractivity contribution is -0.138. The molecule has 0 radical (unpaired) electrons. The molecule has 0 saturated heterocycles. The number of benzene rings is 1. The smallest absolute Gasteiger partial charge is 0.323 e. The zero-order valence-electron chi connectivity index (χ0n) is 11.5. The number of halogens is 3. The van der Waals surface area contributed by atoms with E-state index in [1.165, 1.54) is 0 Å².